The summed E-state index contributed by atoms with van der Waals surface area (Å²) >= 11 is 0. The molecule has 3 unspecified atom stereocenters. The number of rotatable bonds is 3. The van der Waals surface area contributed by atoms with Crippen LogP contribution in [0.25, 0.3) is 0 Å². The molecule has 2 aromatic rings. The highest BCUT2D eigenvalue weighted by Gasteiger charge is 2.29. The lowest BCUT2D eigenvalue weighted by Crippen LogP contribution is -2.24. The first-order valence-electron chi connectivity index (χ1n) is 9.93. The van der Waals surface area contributed by atoms with Gasteiger partial charge < -0.3 is 10.4 Å². The number of aromatic nitrogens is 2. The number of anilines is 2. The number of nitrogens with one attached hydrogen (secondary N) is 1. The Hall–Kier alpha value is -2.32. The summed E-state index contributed by atoms with van der Waals surface area (Å²) in [5.41, 5.74) is 4.41. The number of benzene rings is 1. The van der Waals surface area contributed by atoms with Crippen molar-refractivity contribution in [2.45, 2.75) is 76.4 Å². The van der Waals surface area contributed by atoms with Crippen LogP contribution in [0.15, 0.2) is 24.3 Å². The molecule has 5 heteroatoms. The van der Waals surface area contributed by atoms with Crippen LogP contribution in [-0.2, 0) is 12.0 Å². The van der Waals surface area contributed by atoms with Crippen molar-refractivity contribution in [2.24, 2.45) is 0 Å². The maximum atomic E-state index is 9.89. The third-order valence-corrected chi connectivity index (χ3v) is 5.84. The molecule has 4 rings (SSSR count). The Labute approximate surface area is 161 Å². The monoisotopic (exact) mass is 364 g/mol. The van der Waals surface area contributed by atoms with E-state index >= 15 is 0 Å². The molecule has 142 valence electrons. The van der Waals surface area contributed by atoms with Crippen molar-refractivity contribution in [1.29, 1.82) is 5.26 Å². The molecular weight excluding hydrogens is 336 g/mol. The molecular formula is C22H28N4O. The molecule has 1 saturated carbocycles. The van der Waals surface area contributed by atoms with E-state index in [-0.39, 0.29) is 17.6 Å². The van der Waals surface area contributed by atoms with Crippen LogP contribution in [0.2, 0.25) is 0 Å². The van der Waals surface area contributed by atoms with Crippen molar-refractivity contribution in [3.8, 4) is 6.07 Å². The van der Waals surface area contributed by atoms with Crippen molar-refractivity contribution < 1.29 is 5.11 Å². The molecule has 3 atom stereocenters. The van der Waals surface area contributed by atoms with Crippen molar-refractivity contribution in [3.63, 3.8) is 0 Å². The van der Waals surface area contributed by atoms with Gasteiger partial charge >= 0.3 is 0 Å². The SMILES string of the molecule is CC(C)(C)n1nc(C2CCC(O)C2)cc1Nc1ccc2c(c1)CCC2C#N. The predicted molar refractivity (Wildman–Crippen MR) is 106 cm³/mol. The van der Waals surface area contributed by atoms with E-state index in [0.29, 0.717) is 5.92 Å². The lowest BCUT2D eigenvalue weighted by molar-refractivity contribution is 0.181. The van der Waals surface area contributed by atoms with E-state index < -0.39 is 0 Å². The first kappa shape index (κ1) is 18.1. The van der Waals surface area contributed by atoms with Crippen LogP contribution >= 0.6 is 0 Å². The zero-order chi connectivity index (χ0) is 19.2. The smallest absolute Gasteiger partial charge is 0.129 e. The van der Waals surface area contributed by atoms with Crippen LogP contribution in [0.5, 0.6) is 0 Å². The fourth-order valence-electron chi connectivity index (χ4n) is 4.40. The third-order valence-electron chi connectivity index (χ3n) is 5.84. The largest absolute Gasteiger partial charge is 0.393 e. The summed E-state index contributed by atoms with van der Waals surface area (Å²) in [6.45, 7) is 6.45. The lowest BCUT2D eigenvalue weighted by atomic mass is 10.0. The second kappa shape index (κ2) is 6.69. The lowest BCUT2D eigenvalue weighted by Gasteiger charge is -2.23. The highest BCUT2D eigenvalue weighted by atomic mass is 16.3. The van der Waals surface area contributed by atoms with Gasteiger partial charge in [0, 0.05) is 17.7 Å². The average molecular weight is 364 g/mol. The summed E-state index contributed by atoms with van der Waals surface area (Å²) in [6.07, 6.45) is 4.35. The van der Waals surface area contributed by atoms with Gasteiger partial charge in [0.1, 0.15) is 5.82 Å². The topological polar surface area (TPSA) is 73.9 Å². The fraction of sp³-hybridized carbons (Fsp3) is 0.545. The van der Waals surface area contributed by atoms with Gasteiger partial charge in [-0.2, -0.15) is 10.4 Å². The summed E-state index contributed by atoms with van der Waals surface area (Å²) in [7, 11) is 0. The number of nitrogens with zero attached hydrogens (tertiary/aromatic N) is 3. The Bertz CT molecular complexity index is 887. The van der Waals surface area contributed by atoms with E-state index in [1.54, 1.807) is 0 Å². The molecule has 0 bridgehead atoms. The summed E-state index contributed by atoms with van der Waals surface area (Å²) < 4.78 is 2.05. The highest BCUT2D eigenvalue weighted by Crippen LogP contribution is 2.38. The second-order valence-corrected chi connectivity index (χ2v) is 8.96. The minimum atomic E-state index is -0.198. The summed E-state index contributed by atoms with van der Waals surface area (Å²) in [4.78, 5) is 0. The molecule has 0 spiro atoms. The first-order valence-corrected chi connectivity index (χ1v) is 9.93. The predicted octanol–water partition coefficient (Wildman–Crippen LogP) is 4.56. The fourth-order valence-corrected chi connectivity index (χ4v) is 4.40. The number of fused-ring (bicyclic) bond motifs is 1. The van der Waals surface area contributed by atoms with Crippen molar-refractivity contribution in [2.75, 3.05) is 5.32 Å². The van der Waals surface area contributed by atoms with Crippen LogP contribution in [-0.4, -0.2) is 21.0 Å². The zero-order valence-corrected chi connectivity index (χ0v) is 16.4. The van der Waals surface area contributed by atoms with E-state index in [1.807, 2.05) is 0 Å². The van der Waals surface area contributed by atoms with Gasteiger partial charge in [0.05, 0.1) is 29.3 Å². The number of nitriles is 1. The number of hydrogen-bond acceptors (Lipinski definition) is 4. The standard InChI is InChI=1S/C22H28N4O/c1-22(2,3)26-21(12-20(25-26)15-6-8-18(27)11-15)24-17-7-9-19-14(10-17)4-5-16(19)13-23/h7,9-10,12,15-16,18,24,27H,4-6,8,11H2,1-3H3. The molecule has 1 fully saturated rings. The molecule has 5 nitrogen and oxygen atoms in total. The number of hydrogen-bond donors (Lipinski definition) is 2. The minimum Gasteiger partial charge on any atom is -0.393 e. The number of aryl methyl sites for hydroxylation is 1. The zero-order valence-electron chi connectivity index (χ0n) is 16.4. The van der Waals surface area contributed by atoms with Crippen LogP contribution in [0, 0.1) is 11.3 Å². The molecule has 1 aromatic carbocycles. The van der Waals surface area contributed by atoms with E-state index in [2.05, 4.69) is 61.1 Å². The Morgan fingerprint density at radius 1 is 1.22 bits per heavy atom. The normalized spacial score (nSPS) is 24.6. The van der Waals surface area contributed by atoms with Crippen LogP contribution in [0.3, 0.4) is 0 Å². The average Bonchev–Trinajstić information content (AvgIpc) is 3.31. The summed E-state index contributed by atoms with van der Waals surface area (Å²) in [5, 5.41) is 27.6. The van der Waals surface area contributed by atoms with E-state index in [0.717, 1.165) is 49.3 Å². The van der Waals surface area contributed by atoms with Gasteiger partial charge in [-0.3, -0.25) is 0 Å². The van der Waals surface area contributed by atoms with E-state index in [9.17, 15) is 10.4 Å². The Morgan fingerprint density at radius 3 is 2.70 bits per heavy atom. The molecule has 2 aliphatic carbocycles. The van der Waals surface area contributed by atoms with Crippen molar-refractivity contribution >= 4 is 11.5 Å². The second-order valence-electron chi connectivity index (χ2n) is 8.96. The van der Waals surface area contributed by atoms with Gasteiger partial charge in [-0.1, -0.05) is 6.07 Å². The maximum absolute atomic E-state index is 9.89. The molecule has 0 aliphatic heterocycles. The molecule has 1 heterocycles. The Morgan fingerprint density at radius 2 is 2.04 bits per heavy atom. The molecule has 0 saturated heterocycles. The number of aliphatic hydroxyl groups is 1. The van der Waals surface area contributed by atoms with Crippen molar-refractivity contribution in [1.82, 2.24) is 9.78 Å². The van der Waals surface area contributed by atoms with Gasteiger partial charge in [-0.15, -0.1) is 0 Å². The quantitative estimate of drug-likeness (QED) is 0.837. The Balaban J connectivity index is 1.63. The molecule has 27 heavy (non-hydrogen) atoms. The van der Waals surface area contributed by atoms with Crippen LogP contribution < -0.4 is 5.32 Å². The van der Waals surface area contributed by atoms with E-state index in [4.69, 9.17) is 5.10 Å². The maximum Gasteiger partial charge on any atom is 0.129 e. The van der Waals surface area contributed by atoms with E-state index in [1.165, 1.54) is 11.1 Å². The van der Waals surface area contributed by atoms with Crippen molar-refractivity contribution in [3.05, 3.63) is 41.1 Å². The number of aliphatic hydroxyl groups excluding tert-OH is 1. The molecule has 0 amide bonds. The molecule has 1 aromatic heterocycles. The van der Waals surface area contributed by atoms with Gasteiger partial charge in [0.25, 0.3) is 0 Å². The summed E-state index contributed by atoms with van der Waals surface area (Å²) in [6, 6.07) is 10.9. The van der Waals surface area contributed by atoms with Gasteiger partial charge in [-0.25, -0.2) is 4.68 Å². The Kier molecular flexibility index (Phi) is 4.47. The van der Waals surface area contributed by atoms with Gasteiger partial charge in [0.15, 0.2) is 0 Å². The highest BCUT2D eigenvalue weighted by molar-refractivity contribution is 5.60. The van der Waals surface area contributed by atoms with Gasteiger partial charge in [-0.05, 0) is 76.1 Å². The third kappa shape index (κ3) is 3.46. The van der Waals surface area contributed by atoms with Gasteiger partial charge in [0.2, 0.25) is 0 Å². The van der Waals surface area contributed by atoms with Crippen LogP contribution in [0.4, 0.5) is 11.5 Å². The minimum absolute atomic E-state index is 0.0366. The molecule has 0 radical (unpaired) electrons. The molecule has 2 N–H and O–H groups in total. The van der Waals surface area contributed by atoms with Crippen LogP contribution in [0.1, 0.15) is 75.1 Å². The summed E-state index contributed by atoms with van der Waals surface area (Å²) in [5.74, 6) is 1.35. The first-order chi connectivity index (χ1) is 12.8. The molecule has 2 aliphatic rings.